The summed E-state index contributed by atoms with van der Waals surface area (Å²) >= 11 is 2.43. The second-order valence-electron chi connectivity index (χ2n) is 3.49. The second kappa shape index (κ2) is 8.23. The van der Waals surface area contributed by atoms with Gasteiger partial charge in [0.1, 0.15) is 0 Å². The Bertz CT molecular complexity index is 107. The van der Waals surface area contributed by atoms with Crippen LogP contribution in [-0.4, -0.2) is 19.4 Å². The van der Waals surface area contributed by atoms with E-state index < -0.39 is 8.32 Å². The van der Waals surface area contributed by atoms with Gasteiger partial charge in [-0.15, -0.1) is 0 Å². The van der Waals surface area contributed by atoms with Gasteiger partial charge in [-0.05, 0) is 35.4 Å². The Morgan fingerprint density at radius 2 is 1.54 bits per heavy atom. The summed E-state index contributed by atoms with van der Waals surface area (Å²) in [6, 6.07) is 3.85. The Balaban J connectivity index is 3.68. The Morgan fingerprint density at radius 1 is 1.00 bits per heavy atom. The molecule has 13 heavy (non-hydrogen) atoms. The maximum atomic E-state index is 6.11. The molecule has 0 unspecified atom stereocenters. The van der Waals surface area contributed by atoms with Crippen LogP contribution in [0.2, 0.25) is 18.1 Å². The number of hydrogen-bond acceptors (Lipinski definition) is 1. The van der Waals surface area contributed by atoms with Crippen LogP contribution in [0, 0.1) is 0 Å². The van der Waals surface area contributed by atoms with Crippen LogP contribution in [0.15, 0.2) is 0 Å². The molecule has 0 aliphatic rings. The highest BCUT2D eigenvalue weighted by Gasteiger charge is 2.27. The van der Waals surface area contributed by atoms with Crippen molar-refractivity contribution in [2.24, 2.45) is 0 Å². The molecule has 0 heterocycles. The zero-order chi connectivity index (χ0) is 10.2. The van der Waals surface area contributed by atoms with Gasteiger partial charge in [0.05, 0.1) is 0 Å². The van der Waals surface area contributed by atoms with Crippen molar-refractivity contribution in [1.82, 2.24) is 0 Å². The molecule has 0 aromatic rings. The van der Waals surface area contributed by atoms with Crippen molar-refractivity contribution in [3.8, 4) is 0 Å². The quantitative estimate of drug-likeness (QED) is 0.282. The van der Waals surface area contributed by atoms with Crippen LogP contribution in [0.1, 0.15) is 33.6 Å². The molecule has 0 amide bonds. The summed E-state index contributed by atoms with van der Waals surface area (Å²) in [5.74, 6) is 0. The minimum atomic E-state index is -1.27. The predicted molar refractivity (Wildman–Crippen MR) is 71.3 cm³/mol. The van der Waals surface area contributed by atoms with Gasteiger partial charge in [0.2, 0.25) is 0 Å². The van der Waals surface area contributed by atoms with Gasteiger partial charge >= 0.3 is 0 Å². The van der Waals surface area contributed by atoms with Crippen molar-refractivity contribution in [2.75, 3.05) is 11.0 Å². The summed E-state index contributed by atoms with van der Waals surface area (Å²) in [7, 11) is -1.27. The van der Waals surface area contributed by atoms with Crippen LogP contribution in [0.25, 0.3) is 0 Å². The number of halogens is 1. The molecule has 1 nitrogen and oxygen atoms in total. The first-order chi connectivity index (χ1) is 6.24. The minimum Gasteiger partial charge on any atom is -0.417 e. The molecule has 80 valence electrons. The lowest BCUT2D eigenvalue weighted by Gasteiger charge is -2.27. The molecular formula is C10H23IOSi. The molecule has 0 bridgehead atoms. The van der Waals surface area contributed by atoms with Crippen molar-refractivity contribution < 1.29 is 4.43 Å². The van der Waals surface area contributed by atoms with Crippen LogP contribution in [0.4, 0.5) is 0 Å². The molecule has 0 fully saturated rings. The van der Waals surface area contributed by atoms with Crippen LogP contribution in [-0.2, 0) is 4.43 Å². The first-order valence-corrected chi connectivity index (χ1v) is 9.50. The van der Waals surface area contributed by atoms with E-state index in [2.05, 4.69) is 43.4 Å². The standard InChI is InChI=1S/C10H23IOSi/c1-4-13(5-2,6-3)12-10-8-7-9-11/h4-10H2,1-3H3. The van der Waals surface area contributed by atoms with Crippen molar-refractivity contribution in [1.29, 1.82) is 0 Å². The van der Waals surface area contributed by atoms with Gasteiger partial charge in [-0.3, -0.25) is 0 Å². The van der Waals surface area contributed by atoms with Gasteiger partial charge in [0.25, 0.3) is 0 Å². The lowest BCUT2D eigenvalue weighted by Crippen LogP contribution is -2.36. The van der Waals surface area contributed by atoms with E-state index in [0.717, 1.165) is 6.61 Å². The normalized spacial score (nSPS) is 12.0. The first kappa shape index (κ1) is 13.9. The number of unbranched alkanes of at least 4 members (excludes halogenated alkanes) is 1. The van der Waals surface area contributed by atoms with Gasteiger partial charge in [-0.2, -0.15) is 0 Å². The average molecular weight is 314 g/mol. The Kier molecular flexibility index (Phi) is 8.81. The molecule has 0 rings (SSSR count). The molecule has 0 aliphatic heterocycles. The maximum Gasteiger partial charge on any atom is 0.191 e. The van der Waals surface area contributed by atoms with Gasteiger partial charge < -0.3 is 4.43 Å². The lowest BCUT2D eigenvalue weighted by atomic mass is 10.4. The highest BCUT2D eigenvalue weighted by atomic mass is 127. The SMILES string of the molecule is CC[Si](CC)(CC)OCCCCI. The van der Waals surface area contributed by atoms with Gasteiger partial charge in [0, 0.05) is 6.61 Å². The van der Waals surface area contributed by atoms with Crippen molar-refractivity contribution >= 4 is 30.9 Å². The highest BCUT2D eigenvalue weighted by molar-refractivity contribution is 14.1. The Morgan fingerprint density at radius 3 is 1.92 bits per heavy atom. The number of alkyl halides is 1. The third-order valence-electron chi connectivity index (χ3n) is 2.87. The monoisotopic (exact) mass is 314 g/mol. The van der Waals surface area contributed by atoms with Crippen LogP contribution in [0.5, 0.6) is 0 Å². The van der Waals surface area contributed by atoms with E-state index in [-0.39, 0.29) is 0 Å². The van der Waals surface area contributed by atoms with Crippen LogP contribution in [0.3, 0.4) is 0 Å². The van der Waals surface area contributed by atoms with Gasteiger partial charge in [-0.25, -0.2) is 0 Å². The molecule has 0 saturated heterocycles. The van der Waals surface area contributed by atoms with E-state index >= 15 is 0 Å². The number of rotatable bonds is 8. The Labute approximate surface area is 97.9 Å². The largest absolute Gasteiger partial charge is 0.417 e. The summed E-state index contributed by atoms with van der Waals surface area (Å²) < 4.78 is 7.38. The van der Waals surface area contributed by atoms with E-state index in [1.54, 1.807) is 0 Å². The summed E-state index contributed by atoms with van der Waals surface area (Å²) in [5.41, 5.74) is 0. The maximum absolute atomic E-state index is 6.11. The molecule has 0 atom stereocenters. The summed E-state index contributed by atoms with van der Waals surface area (Å²) in [4.78, 5) is 0. The Hall–Kier alpha value is 0.907. The van der Waals surface area contributed by atoms with Crippen molar-refractivity contribution in [3.63, 3.8) is 0 Å². The molecule has 3 heteroatoms. The lowest BCUT2D eigenvalue weighted by molar-refractivity contribution is 0.292. The molecule has 0 aromatic carbocycles. The second-order valence-corrected chi connectivity index (χ2v) is 9.34. The van der Waals surface area contributed by atoms with E-state index in [1.807, 2.05) is 0 Å². The molecule has 0 saturated carbocycles. The third kappa shape index (κ3) is 5.37. The van der Waals surface area contributed by atoms with E-state index in [1.165, 1.54) is 35.4 Å². The summed E-state index contributed by atoms with van der Waals surface area (Å²) in [5, 5.41) is 0. The zero-order valence-corrected chi connectivity index (χ0v) is 12.4. The fourth-order valence-electron chi connectivity index (χ4n) is 1.54. The van der Waals surface area contributed by atoms with Crippen LogP contribution >= 0.6 is 22.6 Å². The molecule has 0 radical (unpaired) electrons. The van der Waals surface area contributed by atoms with E-state index in [9.17, 15) is 0 Å². The van der Waals surface area contributed by atoms with Crippen molar-refractivity contribution in [2.45, 2.75) is 51.7 Å². The molecule has 0 aliphatic carbocycles. The van der Waals surface area contributed by atoms with Crippen LogP contribution < -0.4 is 0 Å². The highest BCUT2D eigenvalue weighted by Crippen LogP contribution is 2.21. The van der Waals surface area contributed by atoms with E-state index in [4.69, 9.17) is 4.43 Å². The van der Waals surface area contributed by atoms with Gasteiger partial charge in [-0.1, -0.05) is 43.4 Å². The summed E-state index contributed by atoms with van der Waals surface area (Å²) in [6.45, 7) is 7.87. The molecule has 0 spiro atoms. The minimum absolute atomic E-state index is 1.00. The first-order valence-electron chi connectivity index (χ1n) is 5.44. The smallest absolute Gasteiger partial charge is 0.191 e. The molecular weight excluding hydrogens is 291 g/mol. The predicted octanol–water partition coefficient (Wildman–Crippen LogP) is 4.22. The number of hydrogen-bond donors (Lipinski definition) is 0. The van der Waals surface area contributed by atoms with Crippen molar-refractivity contribution in [3.05, 3.63) is 0 Å². The fraction of sp³-hybridized carbons (Fsp3) is 1.00. The third-order valence-corrected chi connectivity index (χ3v) is 8.31. The van der Waals surface area contributed by atoms with E-state index in [0.29, 0.717) is 0 Å². The summed E-state index contributed by atoms with van der Waals surface area (Å²) in [6.07, 6.45) is 2.56. The zero-order valence-electron chi connectivity index (χ0n) is 9.24. The molecule has 0 N–H and O–H groups in total. The molecule has 0 aromatic heterocycles. The fourth-order valence-corrected chi connectivity index (χ4v) is 4.77. The van der Waals surface area contributed by atoms with Gasteiger partial charge in [0.15, 0.2) is 8.32 Å². The average Bonchev–Trinajstić information content (AvgIpc) is 2.20. The topological polar surface area (TPSA) is 9.23 Å².